The van der Waals surface area contributed by atoms with E-state index >= 15 is 0 Å². The highest BCUT2D eigenvalue weighted by Crippen LogP contribution is 2.34. The maximum Gasteiger partial charge on any atom is 0.0865 e. The largest absolute Gasteiger partial charge is 0.373 e. The zero-order chi connectivity index (χ0) is 13.7. The van der Waals surface area contributed by atoms with Crippen LogP contribution in [0.1, 0.15) is 43.4 Å². The van der Waals surface area contributed by atoms with Gasteiger partial charge in [-0.05, 0) is 49.9 Å². The number of hydrogen-bond donors (Lipinski definition) is 1. The summed E-state index contributed by atoms with van der Waals surface area (Å²) in [6.45, 7) is 7.21. The van der Waals surface area contributed by atoms with Crippen molar-refractivity contribution in [2.75, 3.05) is 19.7 Å². The highest BCUT2D eigenvalue weighted by molar-refractivity contribution is 6.31. The normalized spacial score (nSPS) is 23.5. The van der Waals surface area contributed by atoms with Crippen molar-refractivity contribution < 1.29 is 4.74 Å². The first-order valence-corrected chi connectivity index (χ1v) is 7.68. The molecular weight excluding hydrogens is 258 g/mol. The topological polar surface area (TPSA) is 21.3 Å². The molecule has 2 nitrogen and oxygen atoms in total. The fourth-order valence-electron chi connectivity index (χ4n) is 2.67. The van der Waals surface area contributed by atoms with Crippen molar-refractivity contribution in [2.45, 2.75) is 39.2 Å². The first-order chi connectivity index (χ1) is 9.22. The van der Waals surface area contributed by atoms with E-state index in [1.807, 2.05) is 6.92 Å². The van der Waals surface area contributed by atoms with Crippen LogP contribution in [0.5, 0.6) is 0 Å². The van der Waals surface area contributed by atoms with Crippen LogP contribution in [0.2, 0.25) is 5.02 Å². The Morgan fingerprint density at radius 2 is 2.26 bits per heavy atom. The van der Waals surface area contributed by atoms with Gasteiger partial charge < -0.3 is 10.1 Å². The van der Waals surface area contributed by atoms with E-state index in [1.54, 1.807) is 0 Å². The van der Waals surface area contributed by atoms with Gasteiger partial charge in [-0.2, -0.15) is 0 Å². The third-order valence-electron chi connectivity index (χ3n) is 3.80. The van der Waals surface area contributed by atoms with E-state index in [-0.39, 0.29) is 6.10 Å². The molecule has 0 amide bonds. The fourth-order valence-corrected chi connectivity index (χ4v) is 2.86. The minimum atomic E-state index is 0.191. The molecule has 0 radical (unpaired) electrons. The number of halogens is 1. The van der Waals surface area contributed by atoms with Crippen molar-refractivity contribution in [3.63, 3.8) is 0 Å². The van der Waals surface area contributed by atoms with E-state index in [0.717, 1.165) is 36.7 Å². The van der Waals surface area contributed by atoms with Gasteiger partial charge in [0.15, 0.2) is 0 Å². The van der Waals surface area contributed by atoms with E-state index in [1.165, 1.54) is 18.4 Å². The van der Waals surface area contributed by atoms with Crippen LogP contribution in [0.3, 0.4) is 0 Å². The lowest BCUT2D eigenvalue weighted by Crippen LogP contribution is -2.32. The maximum atomic E-state index is 6.24. The number of rotatable bonds is 5. The molecule has 3 heteroatoms. The second-order valence-electron chi connectivity index (χ2n) is 5.41. The van der Waals surface area contributed by atoms with E-state index in [0.29, 0.717) is 5.92 Å². The molecule has 2 atom stereocenters. The monoisotopic (exact) mass is 281 g/mol. The van der Waals surface area contributed by atoms with Gasteiger partial charge in [0.25, 0.3) is 0 Å². The summed E-state index contributed by atoms with van der Waals surface area (Å²) >= 11 is 6.24. The molecule has 2 unspecified atom stereocenters. The standard InChI is InChI=1S/C16H24ClNO/c1-3-8-18-11-14-5-4-9-19-16(14)13-7-6-12(2)15(17)10-13/h6-7,10,14,16,18H,3-5,8-9,11H2,1-2H3. The van der Waals surface area contributed by atoms with Crippen molar-refractivity contribution in [1.29, 1.82) is 0 Å². The van der Waals surface area contributed by atoms with Gasteiger partial charge in [0.2, 0.25) is 0 Å². The zero-order valence-corrected chi connectivity index (χ0v) is 12.7. The van der Waals surface area contributed by atoms with Gasteiger partial charge in [0, 0.05) is 24.1 Å². The number of hydrogen-bond acceptors (Lipinski definition) is 2. The molecule has 1 N–H and O–H groups in total. The van der Waals surface area contributed by atoms with Gasteiger partial charge in [-0.15, -0.1) is 0 Å². The lowest BCUT2D eigenvalue weighted by atomic mass is 9.89. The minimum absolute atomic E-state index is 0.191. The van der Waals surface area contributed by atoms with E-state index in [4.69, 9.17) is 16.3 Å². The molecule has 1 aromatic rings. The molecule has 1 saturated heterocycles. The molecule has 1 fully saturated rings. The van der Waals surface area contributed by atoms with E-state index in [2.05, 4.69) is 30.4 Å². The van der Waals surface area contributed by atoms with Gasteiger partial charge in [-0.25, -0.2) is 0 Å². The van der Waals surface area contributed by atoms with Crippen LogP contribution in [0.15, 0.2) is 18.2 Å². The Kier molecular flexibility index (Phi) is 5.68. The maximum absolute atomic E-state index is 6.24. The fraction of sp³-hybridized carbons (Fsp3) is 0.625. The first-order valence-electron chi connectivity index (χ1n) is 7.30. The van der Waals surface area contributed by atoms with Crippen molar-refractivity contribution in [1.82, 2.24) is 5.32 Å². The number of ether oxygens (including phenoxy) is 1. The molecule has 106 valence electrons. The molecule has 0 aliphatic carbocycles. The molecule has 1 aromatic carbocycles. The van der Waals surface area contributed by atoms with Crippen molar-refractivity contribution >= 4 is 11.6 Å². The lowest BCUT2D eigenvalue weighted by Gasteiger charge is -2.32. The predicted octanol–water partition coefficient (Wildman–Crippen LogP) is 4.12. The highest BCUT2D eigenvalue weighted by atomic mass is 35.5. The summed E-state index contributed by atoms with van der Waals surface area (Å²) in [4.78, 5) is 0. The summed E-state index contributed by atoms with van der Waals surface area (Å²) in [6, 6.07) is 6.32. The Morgan fingerprint density at radius 3 is 3.00 bits per heavy atom. The number of nitrogens with one attached hydrogen (secondary N) is 1. The Hall–Kier alpha value is -0.570. The minimum Gasteiger partial charge on any atom is -0.373 e. The van der Waals surface area contributed by atoms with Gasteiger partial charge in [0.05, 0.1) is 6.10 Å². The molecule has 2 rings (SSSR count). The van der Waals surface area contributed by atoms with Gasteiger partial charge in [-0.1, -0.05) is 30.7 Å². The molecule has 1 heterocycles. The van der Waals surface area contributed by atoms with Crippen molar-refractivity contribution in [2.24, 2.45) is 5.92 Å². The smallest absolute Gasteiger partial charge is 0.0865 e. The second-order valence-corrected chi connectivity index (χ2v) is 5.81. The summed E-state index contributed by atoms with van der Waals surface area (Å²) in [5.41, 5.74) is 2.35. The first kappa shape index (κ1) is 14.8. The molecule has 19 heavy (non-hydrogen) atoms. The van der Waals surface area contributed by atoms with Gasteiger partial charge in [-0.3, -0.25) is 0 Å². The Morgan fingerprint density at radius 1 is 1.42 bits per heavy atom. The van der Waals surface area contributed by atoms with Crippen LogP contribution in [-0.4, -0.2) is 19.7 Å². The van der Waals surface area contributed by atoms with E-state index < -0.39 is 0 Å². The van der Waals surface area contributed by atoms with Crippen molar-refractivity contribution in [3.05, 3.63) is 34.3 Å². The van der Waals surface area contributed by atoms with Crippen LogP contribution >= 0.6 is 11.6 Å². The zero-order valence-electron chi connectivity index (χ0n) is 11.9. The van der Waals surface area contributed by atoms with Gasteiger partial charge >= 0.3 is 0 Å². The summed E-state index contributed by atoms with van der Waals surface area (Å²) in [6.07, 6.45) is 3.76. The van der Waals surface area contributed by atoms with Crippen LogP contribution in [0.4, 0.5) is 0 Å². The average Bonchev–Trinajstić information content (AvgIpc) is 2.43. The van der Waals surface area contributed by atoms with Gasteiger partial charge in [0.1, 0.15) is 0 Å². The average molecular weight is 282 g/mol. The van der Waals surface area contributed by atoms with Crippen LogP contribution in [0, 0.1) is 12.8 Å². The Bertz CT molecular complexity index is 408. The molecule has 0 spiro atoms. The molecule has 0 saturated carbocycles. The predicted molar refractivity (Wildman–Crippen MR) is 80.8 cm³/mol. The Labute approximate surface area is 121 Å². The third kappa shape index (κ3) is 3.95. The van der Waals surface area contributed by atoms with Crippen LogP contribution in [0.25, 0.3) is 0 Å². The number of aryl methyl sites for hydroxylation is 1. The summed E-state index contributed by atoms with van der Waals surface area (Å²) in [5, 5.41) is 4.36. The number of benzene rings is 1. The molecule has 0 aromatic heterocycles. The third-order valence-corrected chi connectivity index (χ3v) is 4.21. The summed E-state index contributed by atoms with van der Waals surface area (Å²) in [5.74, 6) is 0.555. The molecule has 1 aliphatic rings. The molecule has 0 bridgehead atoms. The quantitative estimate of drug-likeness (QED) is 0.820. The van der Waals surface area contributed by atoms with Crippen molar-refractivity contribution in [3.8, 4) is 0 Å². The second kappa shape index (κ2) is 7.28. The van der Waals surface area contributed by atoms with E-state index in [9.17, 15) is 0 Å². The summed E-state index contributed by atoms with van der Waals surface area (Å²) < 4.78 is 6.00. The van der Waals surface area contributed by atoms with Crippen LogP contribution in [-0.2, 0) is 4.74 Å². The Balaban J connectivity index is 2.07. The summed E-state index contributed by atoms with van der Waals surface area (Å²) in [7, 11) is 0. The molecule has 1 aliphatic heterocycles. The SMILES string of the molecule is CCCNCC1CCCOC1c1ccc(C)c(Cl)c1. The lowest BCUT2D eigenvalue weighted by molar-refractivity contribution is -0.0277. The highest BCUT2D eigenvalue weighted by Gasteiger charge is 2.27. The van der Waals surface area contributed by atoms with Crippen LogP contribution < -0.4 is 5.32 Å². The molecular formula is C16H24ClNO.